The molecule has 9 heteroatoms. The van der Waals surface area contributed by atoms with Crippen LogP contribution in [0.25, 0.3) is 6.08 Å². The minimum absolute atomic E-state index is 0.0187. The zero-order valence-corrected chi connectivity index (χ0v) is 26.2. The monoisotopic (exact) mass is 642 g/mol. The van der Waals surface area contributed by atoms with Crippen molar-refractivity contribution in [1.29, 1.82) is 0 Å². The molecule has 0 aliphatic carbocycles. The lowest BCUT2D eigenvalue weighted by atomic mass is 9.67. The second-order valence-corrected chi connectivity index (χ2v) is 12.0. The van der Waals surface area contributed by atoms with E-state index >= 15 is 0 Å². The highest BCUT2D eigenvalue weighted by Gasteiger charge is 2.73. The summed E-state index contributed by atoms with van der Waals surface area (Å²) in [6, 6.07) is 28.6. The van der Waals surface area contributed by atoms with Gasteiger partial charge in [-0.1, -0.05) is 110 Å². The molecule has 1 amide bonds. The van der Waals surface area contributed by atoms with Gasteiger partial charge in [-0.05, 0) is 40.5 Å². The Morgan fingerprint density at radius 3 is 2.35 bits per heavy atom. The molecule has 9 nitrogen and oxygen atoms in total. The van der Waals surface area contributed by atoms with Crippen molar-refractivity contribution >= 4 is 29.6 Å². The highest BCUT2D eigenvalue weighted by atomic mass is 16.6. The van der Waals surface area contributed by atoms with Crippen molar-refractivity contribution in [3.63, 3.8) is 0 Å². The van der Waals surface area contributed by atoms with E-state index in [0.29, 0.717) is 16.8 Å². The second kappa shape index (κ2) is 12.5. The van der Waals surface area contributed by atoms with Gasteiger partial charge in [0.1, 0.15) is 30.1 Å². The summed E-state index contributed by atoms with van der Waals surface area (Å²) in [6.07, 6.45) is 4.36. The van der Waals surface area contributed by atoms with E-state index in [1.807, 2.05) is 95.9 Å². The molecule has 2 fully saturated rings. The molecule has 0 bridgehead atoms. The zero-order chi connectivity index (χ0) is 33.4. The van der Waals surface area contributed by atoms with E-state index in [2.05, 4.69) is 11.9 Å². The third kappa shape index (κ3) is 4.86. The molecule has 0 saturated carbocycles. The largest absolute Gasteiger partial charge is 0.504 e. The lowest BCUT2D eigenvalue weighted by molar-refractivity contribution is -0.179. The number of fused-ring (bicyclic) bond motifs is 3. The van der Waals surface area contributed by atoms with Gasteiger partial charge in [-0.3, -0.25) is 19.3 Å². The number of cyclic esters (lactones) is 1. The number of phenolic OH excluding ortho intramolecular Hbond substituents is 1. The Kier molecular flexibility index (Phi) is 8.06. The summed E-state index contributed by atoms with van der Waals surface area (Å²) in [4.78, 5) is 45.4. The quantitative estimate of drug-likeness (QED) is 0.185. The Labute approximate surface area is 278 Å². The van der Waals surface area contributed by atoms with Crippen LogP contribution in [0.2, 0.25) is 0 Å². The van der Waals surface area contributed by atoms with Crippen LogP contribution < -0.4 is 10.1 Å². The first-order valence-electron chi connectivity index (χ1n) is 15.7. The minimum Gasteiger partial charge on any atom is -0.504 e. The van der Waals surface area contributed by atoms with Gasteiger partial charge in [-0.25, -0.2) is 0 Å². The fourth-order valence-electron chi connectivity index (χ4n) is 7.62. The highest BCUT2D eigenvalue weighted by molar-refractivity contribution is 6.11. The summed E-state index contributed by atoms with van der Waals surface area (Å²) in [5, 5.41) is 13.3. The molecule has 6 atom stereocenters. The number of benzene rings is 4. The van der Waals surface area contributed by atoms with Crippen LogP contribution in [0.5, 0.6) is 11.5 Å². The fourth-order valence-corrected chi connectivity index (χ4v) is 7.62. The molecule has 7 rings (SSSR count). The minimum atomic E-state index is -1.59. The van der Waals surface area contributed by atoms with Gasteiger partial charge in [0, 0.05) is 11.7 Å². The second-order valence-electron chi connectivity index (χ2n) is 12.0. The van der Waals surface area contributed by atoms with Crippen molar-refractivity contribution in [3.05, 3.63) is 144 Å². The number of anilines is 1. The van der Waals surface area contributed by atoms with Crippen LogP contribution in [0, 0.1) is 5.92 Å². The van der Waals surface area contributed by atoms with Gasteiger partial charge in [0.05, 0.1) is 13.2 Å². The normalized spacial score (nSPS) is 26.1. The Balaban J connectivity index is 1.51. The number of para-hydroxylation sites is 1. The first-order valence-corrected chi connectivity index (χ1v) is 15.7. The van der Waals surface area contributed by atoms with Crippen LogP contribution in [-0.4, -0.2) is 53.7 Å². The molecule has 48 heavy (non-hydrogen) atoms. The lowest BCUT2D eigenvalue weighted by Crippen LogP contribution is -2.53. The molecule has 0 aromatic heterocycles. The van der Waals surface area contributed by atoms with E-state index in [0.717, 1.165) is 11.1 Å². The smallest absolute Gasteiger partial charge is 0.325 e. The Morgan fingerprint density at radius 1 is 0.958 bits per heavy atom. The maximum atomic E-state index is 14.7. The molecule has 4 aromatic carbocycles. The summed E-state index contributed by atoms with van der Waals surface area (Å²) >= 11 is 0. The SMILES string of the molecule is C=CCOC(=O)C1[C@@H]2C(=O)O[C@@H](c3ccccc3)[C@@H](c3ccccc3)N2[C@@H](/C=C/c2ccc(O)c(OC)c2)[C@]12C(=O)Nc1ccccc12. The average molecular weight is 643 g/mol. The molecule has 3 aliphatic rings. The van der Waals surface area contributed by atoms with Gasteiger partial charge < -0.3 is 24.6 Å². The maximum Gasteiger partial charge on any atom is 0.325 e. The number of carbonyl (C=O) groups excluding carboxylic acids is 3. The van der Waals surface area contributed by atoms with E-state index < -0.39 is 53.4 Å². The zero-order valence-electron chi connectivity index (χ0n) is 26.2. The first kappa shape index (κ1) is 31.0. The summed E-state index contributed by atoms with van der Waals surface area (Å²) in [5.74, 6) is -2.78. The van der Waals surface area contributed by atoms with Gasteiger partial charge in [0.15, 0.2) is 11.5 Å². The number of amides is 1. The summed E-state index contributed by atoms with van der Waals surface area (Å²) in [6.45, 7) is 3.59. The molecule has 3 aliphatic heterocycles. The molecule has 3 heterocycles. The molecule has 2 saturated heterocycles. The van der Waals surface area contributed by atoms with Crippen molar-refractivity contribution in [1.82, 2.24) is 4.90 Å². The highest BCUT2D eigenvalue weighted by Crippen LogP contribution is 2.60. The van der Waals surface area contributed by atoms with Crippen molar-refractivity contribution in [2.75, 3.05) is 19.0 Å². The fraction of sp³-hybridized carbons (Fsp3) is 0.205. The Hall–Kier alpha value is -5.67. The third-order valence-corrected chi connectivity index (χ3v) is 9.55. The van der Waals surface area contributed by atoms with Crippen molar-refractivity contribution < 1.29 is 33.7 Å². The van der Waals surface area contributed by atoms with Crippen LogP contribution in [0.4, 0.5) is 5.69 Å². The summed E-state index contributed by atoms with van der Waals surface area (Å²) in [7, 11) is 1.46. The summed E-state index contributed by atoms with van der Waals surface area (Å²) < 4.78 is 17.3. The predicted molar refractivity (Wildman–Crippen MR) is 179 cm³/mol. The summed E-state index contributed by atoms with van der Waals surface area (Å²) in [5.41, 5.74) is 1.84. The lowest BCUT2D eigenvalue weighted by Gasteiger charge is -2.45. The van der Waals surface area contributed by atoms with Crippen LogP contribution in [0.1, 0.15) is 34.4 Å². The molecule has 242 valence electrons. The third-order valence-electron chi connectivity index (χ3n) is 9.55. The van der Waals surface area contributed by atoms with Crippen LogP contribution in [-0.2, 0) is 29.3 Å². The number of phenols is 1. The Morgan fingerprint density at radius 2 is 1.65 bits per heavy atom. The molecule has 0 radical (unpaired) electrons. The number of nitrogens with zero attached hydrogens (tertiary/aromatic N) is 1. The van der Waals surface area contributed by atoms with Gasteiger partial charge >= 0.3 is 11.9 Å². The molecule has 2 N–H and O–H groups in total. The van der Waals surface area contributed by atoms with E-state index in [1.54, 1.807) is 18.2 Å². The van der Waals surface area contributed by atoms with Gasteiger partial charge in [0.25, 0.3) is 0 Å². The topological polar surface area (TPSA) is 114 Å². The molecular formula is C39H34N2O7. The van der Waals surface area contributed by atoms with Crippen molar-refractivity contribution in [2.24, 2.45) is 5.92 Å². The maximum absolute atomic E-state index is 14.7. The van der Waals surface area contributed by atoms with E-state index in [9.17, 15) is 19.5 Å². The average Bonchev–Trinajstić information content (AvgIpc) is 3.59. The number of hydrogen-bond acceptors (Lipinski definition) is 8. The van der Waals surface area contributed by atoms with Crippen LogP contribution in [0.3, 0.4) is 0 Å². The number of nitrogens with one attached hydrogen (secondary N) is 1. The van der Waals surface area contributed by atoms with Crippen molar-refractivity contribution in [2.45, 2.75) is 29.6 Å². The van der Waals surface area contributed by atoms with Crippen LogP contribution >= 0.6 is 0 Å². The number of hydrogen-bond donors (Lipinski definition) is 2. The van der Waals surface area contributed by atoms with Gasteiger partial charge in [-0.2, -0.15) is 0 Å². The Bertz CT molecular complexity index is 1910. The molecule has 1 spiro atoms. The predicted octanol–water partition coefficient (Wildman–Crippen LogP) is 5.74. The van der Waals surface area contributed by atoms with Crippen molar-refractivity contribution in [3.8, 4) is 11.5 Å². The molecular weight excluding hydrogens is 608 g/mol. The first-order chi connectivity index (χ1) is 23.4. The van der Waals surface area contributed by atoms with E-state index in [4.69, 9.17) is 14.2 Å². The van der Waals surface area contributed by atoms with E-state index in [1.165, 1.54) is 19.3 Å². The van der Waals surface area contributed by atoms with Gasteiger partial charge in [-0.15, -0.1) is 0 Å². The number of ether oxygens (including phenoxy) is 3. The van der Waals surface area contributed by atoms with E-state index in [-0.39, 0.29) is 18.1 Å². The number of rotatable bonds is 8. The van der Waals surface area contributed by atoms with Gasteiger partial charge in [0.2, 0.25) is 5.91 Å². The standard InChI is InChI=1S/C39H34N2O7/c1-3-22-47-36(43)32-34-37(44)48-35(26-14-8-5-9-15-26)33(25-12-6-4-7-13-25)41(34)31(21-19-24-18-20-29(42)30(23-24)46-2)39(32)27-16-10-11-17-28(27)40-38(39)45/h3-21,23,31-35,42H,1,22H2,2H3,(H,40,45)/b21-19+/t31-,32?,33+,34+,35-,39-/m0/s1. The molecule has 4 aromatic rings. The number of carbonyl (C=O) groups is 3. The number of methoxy groups -OCH3 is 1. The number of esters is 2. The number of morpholine rings is 1. The number of aromatic hydroxyl groups is 1. The van der Waals surface area contributed by atoms with Crippen LogP contribution in [0.15, 0.2) is 122 Å². The molecule has 1 unspecified atom stereocenters.